The van der Waals surface area contributed by atoms with Crippen molar-refractivity contribution in [3.8, 4) is 11.5 Å². The van der Waals surface area contributed by atoms with Gasteiger partial charge in [-0.15, -0.1) is 0 Å². The Morgan fingerprint density at radius 2 is 2.10 bits per heavy atom. The lowest BCUT2D eigenvalue weighted by Crippen LogP contribution is -2.24. The summed E-state index contributed by atoms with van der Waals surface area (Å²) in [6.07, 6.45) is 2.28. The average Bonchev–Trinajstić information content (AvgIpc) is 2.89. The molecule has 0 bridgehead atoms. The molecule has 1 aliphatic heterocycles. The lowest BCUT2D eigenvalue weighted by atomic mass is 10.2. The van der Waals surface area contributed by atoms with E-state index in [-0.39, 0.29) is 6.10 Å². The number of aryl methyl sites for hydroxylation is 1. The molecule has 3 rings (SSSR count). The Morgan fingerprint density at radius 1 is 1.25 bits per heavy atom. The molecular formula is C15H18N4O. The van der Waals surface area contributed by atoms with E-state index < -0.39 is 0 Å². The van der Waals surface area contributed by atoms with Crippen LogP contribution in [0.4, 0.5) is 5.82 Å². The van der Waals surface area contributed by atoms with Crippen molar-refractivity contribution in [2.75, 3.05) is 18.0 Å². The number of β-amino-alcohol motifs (C(OH)–C–C–N with tert-alkyl or cyclic N) is 1. The molecule has 5 heteroatoms. The van der Waals surface area contributed by atoms with Gasteiger partial charge in [-0.1, -0.05) is 6.07 Å². The molecular weight excluding hydrogens is 252 g/mol. The average molecular weight is 270 g/mol. The van der Waals surface area contributed by atoms with Gasteiger partial charge in [0.1, 0.15) is 11.5 Å². The van der Waals surface area contributed by atoms with Crippen LogP contribution < -0.4 is 4.90 Å². The van der Waals surface area contributed by atoms with Crippen LogP contribution in [0, 0.1) is 13.8 Å². The first-order chi connectivity index (χ1) is 9.65. The number of pyridine rings is 1. The molecule has 0 spiro atoms. The molecule has 1 aliphatic rings. The van der Waals surface area contributed by atoms with Crippen LogP contribution in [0.1, 0.15) is 17.7 Å². The van der Waals surface area contributed by atoms with Gasteiger partial charge in [0, 0.05) is 30.5 Å². The van der Waals surface area contributed by atoms with Gasteiger partial charge in [0.15, 0.2) is 5.82 Å². The van der Waals surface area contributed by atoms with Crippen molar-refractivity contribution < 1.29 is 5.11 Å². The summed E-state index contributed by atoms with van der Waals surface area (Å²) in [5.74, 6) is 1.56. The highest BCUT2D eigenvalue weighted by molar-refractivity contribution is 5.57. The zero-order valence-electron chi connectivity index (χ0n) is 11.7. The molecule has 0 amide bonds. The minimum Gasteiger partial charge on any atom is -0.391 e. The van der Waals surface area contributed by atoms with E-state index in [9.17, 15) is 5.11 Å². The van der Waals surface area contributed by atoms with E-state index in [1.165, 1.54) is 0 Å². The molecule has 1 fully saturated rings. The monoisotopic (exact) mass is 270 g/mol. The van der Waals surface area contributed by atoms with E-state index in [1.54, 1.807) is 6.20 Å². The Kier molecular flexibility index (Phi) is 3.36. The van der Waals surface area contributed by atoms with E-state index in [4.69, 9.17) is 0 Å². The van der Waals surface area contributed by atoms with Crippen molar-refractivity contribution in [1.29, 1.82) is 0 Å². The maximum atomic E-state index is 9.71. The van der Waals surface area contributed by atoms with Gasteiger partial charge in [0.05, 0.1) is 6.10 Å². The van der Waals surface area contributed by atoms with Gasteiger partial charge in [-0.05, 0) is 32.4 Å². The smallest absolute Gasteiger partial charge is 0.180 e. The number of aromatic nitrogens is 3. The van der Waals surface area contributed by atoms with Crippen LogP contribution in [0.15, 0.2) is 24.4 Å². The Bertz CT molecular complexity index is 615. The van der Waals surface area contributed by atoms with E-state index in [2.05, 4.69) is 19.9 Å². The summed E-state index contributed by atoms with van der Waals surface area (Å²) in [6, 6.07) is 5.72. The number of hydrogen-bond donors (Lipinski definition) is 1. The molecule has 5 nitrogen and oxygen atoms in total. The van der Waals surface area contributed by atoms with Gasteiger partial charge >= 0.3 is 0 Å². The van der Waals surface area contributed by atoms with Crippen LogP contribution >= 0.6 is 0 Å². The van der Waals surface area contributed by atoms with Crippen molar-refractivity contribution >= 4 is 5.82 Å². The number of rotatable bonds is 2. The quantitative estimate of drug-likeness (QED) is 0.900. The first-order valence-corrected chi connectivity index (χ1v) is 6.85. The lowest BCUT2D eigenvalue weighted by Gasteiger charge is -2.20. The predicted molar refractivity (Wildman–Crippen MR) is 77.6 cm³/mol. The molecule has 104 valence electrons. The molecule has 0 aliphatic carbocycles. The highest BCUT2D eigenvalue weighted by Crippen LogP contribution is 2.26. The second-order valence-electron chi connectivity index (χ2n) is 5.18. The highest BCUT2D eigenvalue weighted by Gasteiger charge is 2.24. The molecule has 0 radical (unpaired) electrons. The second-order valence-corrected chi connectivity index (χ2v) is 5.18. The molecule has 3 heterocycles. The van der Waals surface area contributed by atoms with Gasteiger partial charge in [-0.3, -0.25) is 4.98 Å². The van der Waals surface area contributed by atoms with E-state index >= 15 is 0 Å². The summed E-state index contributed by atoms with van der Waals surface area (Å²) in [4.78, 5) is 15.6. The van der Waals surface area contributed by atoms with Crippen molar-refractivity contribution in [3.05, 3.63) is 35.7 Å². The minimum atomic E-state index is -0.261. The standard InChI is InChI=1S/C15H18N4O/c1-10-11(2)17-14(13-5-3-4-7-16-13)18-15(10)19-8-6-12(20)9-19/h3-5,7,12,20H,6,8-9H2,1-2H3/t12-/m0/s1. The number of aliphatic hydroxyl groups is 1. The van der Waals surface area contributed by atoms with Crippen LogP contribution in [0.25, 0.3) is 11.5 Å². The Labute approximate surface area is 118 Å². The molecule has 20 heavy (non-hydrogen) atoms. The maximum Gasteiger partial charge on any atom is 0.180 e. The zero-order valence-corrected chi connectivity index (χ0v) is 11.7. The van der Waals surface area contributed by atoms with Gasteiger partial charge in [0.2, 0.25) is 0 Å². The first kappa shape index (κ1) is 13.0. The zero-order chi connectivity index (χ0) is 14.1. The fraction of sp³-hybridized carbons (Fsp3) is 0.400. The van der Waals surface area contributed by atoms with Crippen LogP contribution in [0.2, 0.25) is 0 Å². The van der Waals surface area contributed by atoms with Crippen LogP contribution in [-0.2, 0) is 0 Å². The molecule has 2 aromatic heterocycles. The molecule has 0 saturated carbocycles. The van der Waals surface area contributed by atoms with Gasteiger partial charge in [-0.2, -0.15) is 0 Å². The topological polar surface area (TPSA) is 62.1 Å². The van der Waals surface area contributed by atoms with Gasteiger partial charge < -0.3 is 10.0 Å². The van der Waals surface area contributed by atoms with Gasteiger partial charge in [-0.25, -0.2) is 9.97 Å². The number of aliphatic hydroxyl groups excluding tert-OH is 1. The molecule has 1 saturated heterocycles. The third-order valence-electron chi connectivity index (χ3n) is 3.72. The first-order valence-electron chi connectivity index (χ1n) is 6.85. The van der Waals surface area contributed by atoms with E-state index in [0.29, 0.717) is 12.4 Å². The molecule has 2 aromatic rings. The van der Waals surface area contributed by atoms with Gasteiger partial charge in [0.25, 0.3) is 0 Å². The summed E-state index contributed by atoms with van der Waals surface area (Å²) < 4.78 is 0. The Hall–Kier alpha value is -2.01. The maximum absolute atomic E-state index is 9.71. The molecule has 1 atom stereocenters. The van der Waals surface area contributed by atoms with E-state index in [0.717, 1.165) is 35.7 Å². The highest BCUT2D eigenvalue weighted by atomic mass is 16.3. The summed E-state index contributed by atoms with van der Waals surface area (Å²) in [5.41, 5.74) is 2.80. The number of anilines is 1. The summed E-state index contributed by atoms with van der Waals surface area (Å²) in [6.45, 7) is 5.48. The van der Waals surface area contributed by atoms with E-state index in [1.807, 2.05) is 32.0 Å². The summed E-state index contributed by atoms with van der Waals surface area (Å²) >= 11 is 0. The SMILES string of the molecule is Cc1nc(-c2ccccn2)nc(N2CC[C@H](O)C2)c1C. The predicted octanol–water partition coefficient (Wildman–Crippen LogP) is 1.73. The van der Waals surface area contributed by atoms with Crippen molar-refractivity contribution in [2.24, 2.45) is 0 Å². The summed E-state index contributed by atoms with van der Waals surface area (Å²) in [5, 5.41) is 9.71. The number of nitrogens with zero attached hydrogens (tertiary/aromatic N) is 4. The number of hydrogen-bond acceptors (Lipinski definition) is 5. The third-order valence-corrected chi connectivity index (χ3v) is 3.72. The second kappa shape index (κ2) is 5.17. The summed E-state index contributed by atoms with van der Waals surface area (Å²) in [7, 11) is 0. The normalized spacial score (nSPS) is 18.6. The fourth-order valence-corrected chi connectivity index (χ4v) is 2.47. The Morgan fingerprint density at radius 3 is 2.75 bits per heavy atom. The fourth-order valence-electron chi connectivity index (χ4n) is 2.47. The molecule has 1 N–H and O–H groups in total. The largest absolute Gasteiger partial charge is 0.391 e. The molecule has 0 aromatic carbocycles. The van der Waals surface area contributed by atoms with Crippen molar-refractivity contribution in [2.45, 2.75) is 26.4 Å². The van der Waals surface area contributed by atoms with Crippen LogP contribution in [0.5, 0.6) is 0 Å². The molecule has 0 unspecified atom stereocenters. The van der Waals surface area contributed by atoms with Crippen LogP contribution in [0.3, 0.4) is 0 Å². The van der Waals surface area contributed by atoms with Crippen LogP contribution in [-0.4, -0.2) is 39.3 Å². The van der Waals surface area contributed by atoms with Crippen molar-refractivity contribution in [1.82, 2.24) is 15.0 Å². The third kappa shape index (κ3) is 2.36. The Balaban J connectivity index is 2.04. The lowest BCUT2D eigenvalue weighted by molar-refractivity contribution is 0.198. The minimum absolute atomic E-state index is 0.261. The van der Waals surface area contributed by atoms with Crippen molar-refractivity contribution in [3.63, 3.8) is 0 Å².